The quantitative estimate of drug-likeness (QED) is 0.747. The fourth-order valence-electron chi connectivity index (χ4n) is 3.33. The summed E-state index contributed by atoms with van der Waals surface area (Å²) in [7, 11) is -3.75. The molecule has 2 aromatic rings. The van der Waals surface area contributed by atoms with Gasteiger partial charge in [-0.15, -0.1) is 0 Å². The normalized spacial score (nSPS) is 15.4. The summed E-state index contributed by atoms with van der Waals surface area (Å²) in [5, 5.41) is 0. The van der Waals surface area contributed by atoms with Crippen molar-refractivity contribution in [2.24, 2.45) is 0 Å². The molecule has 6 nitrogen and oxygen atoms in total. The SMILES string of the molecule is Cc1ccccc1CN1CCN(C(=O)CCNS(=O)(=O)c2ccc(F)cc2)CC1. The van der Waals surface area contributed by atoms with E-state index in [1.54, 1.807) is 4.90 Å². The molecule has 1 aliphatic rings. The Morgan fingerprint density at radius 2 is 1.69 bits per heavy atom. The Bertz CT molecular complexity index is 940. The van der Waals surface area contributed by atoms with Crippen molar-refractivity contribution in [3.63, 3.8) is 0 Å². The molecule has 1 N–H and O–H groups in total. The van der Waals surface area contributed by atoms with Crippen molar-refractivity contribution in [2.45, 2.75) is 24.8 Å². The third kappa shape index (κ3) is 5.85. The molecule has 156 valence electrons. The maximum Gasteiger partial charge on any atom is 0.240 e. The Balaban J connectivity index is 1.43. The first-order valence-electron chi connectivity index (χ1n) is 9.65. The van der Waals surface area contributed by atoms with Gasteiger partial charge in [0.25, 0.3) is 0 Å². The predicted octanol–water partition coefficient (Wildman–Crippen LogP) is 2.15. The molecule has 8 heteroatoms. The van der Waals surface area contributed by atoms with E-state index in [0.717, 1.165) is 31.8 Å². The average molecular weight is 420 g/mol. The van der Waals surface area contributed by atoms with Gasteiger partial charge in [0.2, 0.25) is 15.9 Å². The standard InChI is InChI=1S/C21H26FN3O3S/c1-17-4-2-3-5-18(17)16-24-12-14-25(15-13-24)21(26)10-11-23-29(27,28)20-8-6-19(22)7-9-20/h2-9,23H,10-16H2,1H3. The molecular weight excluding hydrogens is 393 g/mol. The van der Waals surface area contributed by atoms with Crippen LogP contribution in [0.15, 0.2) is 53.4 Å². The van der Waals surface area contributed by atoms with Gasteiger partial charge in [-0.05, 0) is 42.3 Å². The number of hydrogen-bond acceptors (Lipinski definition) is 4. The third-order valence-corrected chi connectivity index (χ3v) is 6.61. The van der Waals surface area contributed by atoms with Crippen molar-refractivity contribution < 1.29 is 17.6 Å². The Morgan fingerprint density at radius 1 is 1.03 bits per heavy atom. The van der Waals surface area contributed by atoms with Crippen LogP contribution < -0.4 is 4.72 Å². The number of carbonyl (C=O) groups is 1. The molecule has 0 aromatic heterocycles. The maximum atomic E-state index is 12.9. The number of amides is 1. The highest BCUT2D eigenvalue weighted by molar-refractivity contribution is 7.89. The summed E-state index contributed by atoms with van der Waals surface area (Å²) in [6.07, 6.45) is 0.0955. The third-order valence-electron chi connectivity index (χ3n) is 5.14. The van der Waals surface area contributed by atoms with Crippen molar-refractivity contribution >= 4 is 15.9 Å². The number of nitrogens with one attached hydrogen (secondary N) is 1. The van der Waals surface area contributed by atoms with E-state index in [2.05, 4.69) is 28.7 Å². The lowest BCUT2D eigenvalue weighted by atomic mass is 10.1. The molecule has 1 fully saturated rings. The van der Waals surface area contributed by atoms with E-state index < -0.39 is 15.8 Å². The summed E-state index contributed by atoms with van der Waals surface area (Å²) >= 11 is 0. The molecule has 0 unspecified atom stereocenters. The van der Waals surface area contributed by atoms with Crippen LogP contribution in [0.1, 0.15) is 17.5 Å². The van der Waals surface area contributed by atoms with Gasteiger partial charge in [0.15, 0.2) is 0 Å². The van der Waals surface area contributed by atoms with Gasteiger partial charge in [-0.3, -0.25) is 9.69 Å². The summed E-state index contributed by atoms with van der Waals surface area (Å²) in [6, 6.07) is 12.9. The average Bonchev–Trinajstić information content (AvgIpc) is 2.70. The van der Waals surface area contributed by atoms with Gasteiger partial charge in [0.05, 0.1) is 4.90 Å². The molecule has 2 aromatic carbocycles. The molecule has 0 spiro atoms. The highest BCUT2D eigenvalue weighted by atomic mass is 32.2. The second kappa shape index (κ2) is 9.47. The maximum absolute atomic E-state index is 12.9. The summed E-state index contributed by atoms with van der Waals surface area (Å²) < 4.78 is 39.7. The number of benzene rings is 2. The molecule has 1 heterocycles. The van der Waals surface area contributed by atoms with E-state index in [1.807, 2.05) is 12.1 Å². The Morgan fingerprint density at radius 3 is 2.34 bits per heavy atom. The van der Waals surface area contributed by atoms with E-state index in [-0.39, 0.29) is 23.8 Å². The molecule has 1 aliphatic heterocycles. The lowest BCUT2D eigenvalue weighted by Gasteiger charge is -2.35. The van der Waals surface area contributed by atoms with Crippen LogP contribution >= 0.6 is 0 Å². The second-order valence-electron chi connectivity index (χ2n) is 7.19. The van der Waals surface area contributed by atoms with Gasteiger partial charge >= 0.3 is 0 Å². The van der Waals surface area contributed by atoms with Crippen molar-refractivity contribution in [2.75, 3.05) is 32.7 Å². The first-order valence-corrected chi connectivity index (χ1v) is 11.1. The van der Waals surface area contributed by atoms with Crippen molar-refractivity contribution in [1.82, 2.24) is 14.5 Å². The van der Waals surface area contributed by atoms with Crippen LogP contribution in [-0.4, -0.2) is 56.8 Å². The van der Waals surface area contributed by atoms with Gasteiger partial charge in [-0.1, -0.05) is 24.3 Å². The second-order valence-corrected chi connectivity index (χ2v) is 8.95. The zero-order valence-corrected chi connectivity index (χ0v) is 17.3. The number of piperazine rings is 1. The van der Waals surface area contributed by atoms with Gasteiger partial charge in [-0.2, -0.15) is 0 Å². The fourth-order valence-corrected chi connectivity index (χ4v) is 4.36. The summed E-state index contributed by atoms with van der Waals surface area (Å²) in [4.78, 5) is 16.5. The van der Waals surface area contributed by atoms with Crippen LogP contribution in [0.3, 0.4) is 0 Å². The first-order chi connectivity index (χ1) is 13.8. The van der Waals surface area contributed by atoms with Crippen LogP contribution in [0, 0.1) is 12.7 Å². The van der Waals surface area contributed by atoms with Crippen molar-refractivity contribution in [3.8, 4) is 0 Å². The minimum absolute atomic E-state index is 0.0158. The molecule has 3 rings (SSSR count). The molecule has 0 radical (unpaired) electrons. The molecule has 29 heavy (non-hydrogen) atoms. The smallest absolute Gasteiger partial charge is 0.240 e. The van der Waals surface area contributed by atoms with E-state index in [9.17, 15) is 17.6 Å². The van der Waals surface area contributed by atoms with Crippen LogP contribution in [-0.2, 0) is 21.4 Å². The molecule has 1 saturated heterocycles. The fraction of sp³-hybridized carbons (Fsp3) is 0.381. The van der Waals surface area contributed by atoms with Gasteiger partial charge in [0.1, 0.15) is 5.82 Å². The molecular formula is C21H26FN3O3S. The number of rotatable bonds is 7. The number of nitrogens with zero attached hydrogens (tertiary/aromatic N) is 2. The van der Waals surface area contributed by atoms with Crippen LogP contribution in [0.5, 0.6) is 0 Å². The van der Waals surface area contributed by atoms with Gasteiger partial charge < -0.3 is 4.90 Å². The molecule has 1 amide bonds. The van der Waals surface area contributed by atoms with E-state index in [4.69, 9.17) is 0 Å². The topological polar surface area (TPSA) is 69.7 Å². The minimum Gasteiger partial charge on any atom is -0.340 e. The molecule has 0 aliphatic carbocycles. The van der Waals surface area contributed by atoms with Crippen molar-refractivity contribution in [1.29, 1.82) is 0 Å². The molecule has 0 atom stereocenters. The number of hydrogen-bond donors (Lipinski definition) is 1. The largest absolute Gasteiger partial charge is 0.340 e. The van der Waals surface area contributed by atoms with Crippen molar-refractivity contribution in [3.05, 3.63) is 65.5 Å². The number of halogens is 1. The monoisotopic (exact) mass is 419 g/mol. The van der Waals surface area contributed by atoms with Crippen LogP contribution in [0.4, 0.5) is 4.39 Å². The molecule has 0 bridgehead atoms. The Hall–Kier alpha value is -2.29. The van der Waals surface area contributed by atoms with E-state index >= 15 is 0 Å². The summed E-state index contributed by atoms with van der Waals surface area (Å²) in [5.74, 6) is -0.567. The Labute approximate surface area is 171 Å². The minimum atomic E-state index is -3.75. The van der Waals surface area contributed by atoms with Gasteiger partial charge in [0, 0.05) is 45.7 Å². The summed E-state index contributed by atoms with van der Waals surface area (Å²) in [5.41, 5.74) is 2.56. The number of aryl methyl sites for hydroxylation is 1. The lowest BCUT2D eigenvalue weighted by molar-refractivity contribution is -0.132. The highest BCUT2D eigenvalue weighted by Crippen LogP contribution is 2.13. The van der Waals surface area contributed by atoms with Crippen LogP contribution in [0.2, 0.25) is 0 Å². The van der Waals surface area contributed by atoms with E-state index in [1.165, 1.54) is 23.3 Å². The zero-order valence-electron chi connectivity index (χ0n) is 16.5. The van der Waals surface area contributed by atoms with E-state index in [0.29, 0.717) is 13.1 Å². The summed E-state index contributed by atoms with van der Waals surface area (Å²) in [6.45, 7) is 5.84. The molecule has 0 saturated carbocycles. The predicted molar refractivity (Wildman–Crippen MR) is 109 cm³/mol. The zero-order chi connectivity index (χ0) is 20.9. The van der Waals surface area contributed by atoms with Crippen LogP contribution in [0.25, 0.3) is 0 Å². The lowest BCUT2D eigenvalue weighted by Crippen LogP contribution is -2.48. The Kier molecular flexibility index (Phi) is 7.00. The first kappa shape index (κ1) is 21.4. The number of sulfonamides is 1. The van der Waals surface area contributed by atoms with Gasteiger partial charge in [-0.25, -0.2) is 17.5 Å². The number of carbonyl (C=O) groups excluding carboxylic acids is 1. The highest BCUT2D eigenvalue weighted by Gasteiger charge is 2.22.